The topological polar surface area (TPSA) is 63.3 Å². The molecule has 5 heteroatoms. The minimum atomic E-state index is -0.994. The molecule has 4 nitrogen and oxygen atoms in total. The van der Waals surface area contributed by atoms with Gasteiger partial charge in [0.1, 0.15) is 5.76 Å². The minimum absolute atomic E-state index is 0.0946. The summed E-state index contributed by atoms with van der Waals surface area (Å²) < 4.78 is 5.92. The van der Waals surface area contributed by atoms with Crippen molar-refractivity contribution >= 4 is 17.3 Å². The number of aromatic nitrogens is 1. The van der Waals surface area contributed by atoms with Gasteiger partial charge in [-0.2, -0.15) is 0 Å². The monoisotopic (exact) mass is 291 g/mol. The van der Waals surface area contributed by atoms with Crippen LogP contribution in [0, 0.1) is 0 Å². The smallest absolute Gasteiger partial charge is 0.358 e. The molecule has 0 aromatic carbocycles. The third-order valence-electron chi connectivity index (χ3n) is 4.28. The summed E-state index contributed by atoms with van der Waals surface area (Å²) in [6.45, 7) is 2.10. The van der Waals surface area contributed by atoms with Crippen molar-refractivity contribution in [2.75, 3.05) is 0 Å². The summed E-state index contributed by atoms with van der Waals surface area (Å²) in [5.74, 6) is 0.0202. The number of carboxylic acid groups (broad SMARTS) is 1. The maximum absolute atomic E-state index is 11.5. The lowest BCUT2D eigenvalue weighted by atomic mass is 9.80. The predicted octanol–water partition coefficient (Wildman–Crippen LogP) is 4.32. The third kappa shape index (κ3) is 2.06. The second kappa shape index (κ2) is 5.05. The fourth-order valence-corrected chi connectivity index (χ4v) is 3.77. The molecule has 1 aliphatic carbocycles. The van der Waals surface area contributed by atoms with E-state index in [1.165, 1.54) is 11.3 Å². The lowest BCUT2D eigenvalue weighted by molar-refractivity contribution is 0.0685. The average Bonchev–Trinajstić information content (AvgIpc) is 3.18. The molecule has 106 valence electrons. The van der Waals surface area contributed by atoms with Gasteiger partial charge in [0.2, 0.25) is 5.89 Å². The van der Waals surface area contributed by atoms with Crippen LogP contribution in [-0.4, -0.2) is 16.1 Å². The van der Waals surface area contributed by atoms with Gasteiger partial charge in [0.25, 0.3) is 0 Å². The van der Waals surface area contributed by atoms with E-state index in [9.17, 15) is 9.90 Å². The summed E-state index contributed by atoms with van der Waals surface area (Å²) >= 11 is 1.51. The Morgan fingerprint density at radius 3 is 2.80 bits per heavy atom. The van der Waals surface area contributed by atoms with Crippen molar-refractivity contribution in [2.45, 2.75) is 44.4 Å². The Labute approximate surface area is 121 Å². The van der Waals surface area contributed by atoms with Crippen LogP contribution in [0.3, 0.4) is 0 Å². The molecule has 0 spiro atoms. The van der Waals surface area contributed by atoms with Gasteiger partial charge in [-0.15, -0.1) is 11.3 Å². The highest BCUT2D eigenvalue weighted by Crippen LogP contribution is 2.46. The number of nitrogens with zero attached hydrogens (tertiary/aromatic N) is 1. The quantitative estimate of drug-likeness (QED) is 0.911. The van der Waals surface area contributed by atoms with Crippen molar-refractivity contribution in [3.63, 3.8) is 0 Å². The summed E-state index contributed by atoms with van der Waals surface area (Å²) in [4.78, 5) is 16.6. The molecule has 1 saturated carbocycles. The molecule has 2 heterocycles. The molecule has 0 aliphatic heterocycles. The van der Waals surface area contributed by atoms with Crippen molar-refractivity contribution in [1.82, 2.24) is 4.98 Å². The highest BCUT2D eigenvalue weighted by molar-refractivity contribution is 7.13. The van der Waals surface area contributed by atoms with Gasteiger partial charge < -0.3 is 9.52 Å². The van der Waals surface area contributed by atoms with Gasteiger partial charge in [-0.3, -0.25) is 0 Å². The van der Waals surface area contributed by atoms with Crippen LogP contribution < -0.4 is 0 Å². The number of rotatable bonds is 4. The first-order valence-corrected chi connectivity index (χ1v) is 7.83. The van der Waals surface area contributed by atoms with Crippen molar-refractivity contribution in [3.8, 4) is 10.8 Å². The van der Waals surface area contributed by atoms with E-state index in [2.05, 4.69) is 11.9 Å². The van der Waals surface area contributed by atoms with E-state index in [-0.39, 0.29) is 11.1 Å². The fraction of sp³-hybridized carbons (Fsp3) is 0.467. The Kier molecular flexibility index (Phi) is 3.38. The van der Waals surface area contributed by atoms with Crippen LogP contribution >= 0.6 is 11.3 Å². The van der Waals surface area contributed by atoms with E-state index in [1.54, 1.807) is 0 Å². The van der Waals surface area contributed by atoms with E-state index < -0.39 is 5.97 Å². The zero-order valence-corrected chi connectivity index (χ0v) is 12.2. The molecule has 1 N–H and O–H groups in total. The molecule has 20 heavy (non-hydrogen) atoms. The summed E-state index contributed by atoms with van der Waals surface area (Å²) in [6, 6.07) is 3.81. The summed E-state index contributed by atoms with van der Waals surface area (Å²) in [6.07, 6.45) is 5.13. The highest BCUT2D eigenvalue weighted by atomic mass is 32.1. The van der Waals surface area contributed by atoms with Crippen molar-refractivity contribution in [2.24, 2.45) is 0 Å². The average molecular weight is 291 g/mol. The van der Waals surface area contributed by atoms with Gasteiger partial charge in [0.15, 0.2) is 5.69 Å². The van der Waals surface area contributed by atoms with E-state index in [0.29, 0.717) is 11.7 Å². The van der Waals surface area contributed by atoms with Crippen LogP contribution in [0.2, 0.25) is 0 Å². The fourth-order valence-electron chi connectivity index (χ4n) is 3.12. The second-order valence-corrected chi connectivity index (χ2v) is 6.27. The van der Waals surface area contributed by atoms with E-state index in [0.717, 1.165) is 37.0 Å². The molecule has 1 fully saturated rings. The molecule has 2 aromatic heterocycles. The molecule has 0 amide bonds. The third-order valence-corrected chi connectivity index (χ3v) is 5.14. The van der Waals surface area contributed by atoms with Gasteiger partial charge in [-0.1, -0.05) is 25.8 Å². The zero-order valence-electron chi connectivity index (χ0n) is 11.4. The number of carbonyl (C=O) groups is 1. The lowest BCUT2D eigenvalue weighted by Gasteiger charge is -2.24. The van der Waals surface area contributed by atoms with Crippen LogP contribution in [0.15, 0.2) is 21.9 Å². The van der Waals surface area contributed by atoms with Crippen molar-refractivity contribution in [3.05, 3.63) is 29.0 Å². The van der Waals surface area contributed by atoms with Crippen LogP contribution in [0.1, 0.15) is 55.3 Å². The molecular formula is C15H17NO3S. The van der Waals surface area contributed by atoms with Crippen LogP contribution in [0.25, 0.3) is 10.8 Å². The Balaban J connectivity index is 2.11. The van der Waals surface area contributed by atoms with Crippen molar-refractivity contribution in [1.29, 1.82) is 0 Å². The van der Waals surface area contributed by atoms with Gasteiger partial charge in [-0.25, -0.2) is 9.78 Å². The normalized spacial score (nSPS) is 17.4. The number of aromatic carboxylic acids is 1. The number of oxazole rings is 1. The molecule has 0 saturated heterocycles. The number of carboxylic acids is 1. The maximum Gasteiger partial charge on any atom is 0.358 e. The van der Waals surface area contributed by atoms with Gasteiger partial charge in [-0.05, 0) is 30.7 Å². The predicted molar refractivity (Wildman–Crippen MR) is 77.2 cm³/mol. The lowest BCUT2D eigenvalue weighted by Crippen LogP contribution is -2.23. The Hall–Kier alpha value is -1.62. The standard InChI is InChI=1S/C15H17NO3S/c1-2-15(7-3-4-8-15)12-11(14(17)18)16-13(19-12)10-6-5-9-20-10/h5-6,9H,2-4,7-8H2,1H3,(H,17,18). The first kappa shape index (κ1) is 13.4. The zero-order chi connectivity index (χ0) is 14.2. The molecule has 0 unspecified atom stereocenters. The van der Waals surface area contributed by atoms with Crippen LogP contribution in [0.5, 0.6) is 0 Å². The maximum atomic E-state index is 11.5. The Morgan fingerprint density at radius 2 is 2.25 bits per heavy atom. The summed E-state index contributed by atoms with van der Waals surface area (Å²) in [5, 5.41) is 11.4. The molecule has 1 aliphatic rings. The van der Waals surface area contributed by atoms with E-state index in [4.69, 9.17) is 4.42 Å². The van der Waals surface area contributed by atoms with Crippen LogP contribution in [-0.2, 0) is 5.41 Å². The van der Waals surface area contributed by atoms with Gasteiger partial charge >= 0.3 is 5.97 Å². The Bertz CT molecular complexity index is 609. The number of hydrogen-bond acceptors (Lipinski definition) is 4. The molecule has 0 bridgehead atoms. The van der Waals surface area contributed by atoms with E-state index in [1.807, 2.05) is 17.5 Å². The van der Waals surface area contributed by atoms with Crippen LogP contribution in [0.4, 0.5) is 0 Å². The SMILES string of the molecule is CCC1(c2oc(-c3cccs3)nc2C(=O)O)CCCC1. The molecule has 0 atom stereocenters. The second-order valence-electron chi connectivity index (χ2n) is 5.32. The van der Waals surface area contributed by atoms with E-state index >= 15 is 0 Å². The minimum Gasteiger partial charge on any atom is -0.476 e. The highest BCUT2D eigenvalue weighted by Gasteiger charge is 2.41. The Morgan fingerprint density at radius 1 is 1.50 bits per heavy atom. The molecule has 3 rings (SSSR count). The molecule has 2 aromatic rings. The number of thiophene rings is 1. The number of hydrogen-bond donors (Lipinski definition) is 1. The first-order chi connectivity index (χ1) is 9.66. The summed E-state index contributed by atoms with van der Waals surface area (Å²) in [7, 11) is 0. The summed E-state index contributed by atoms with van der Waals surface area (Å²) in [5.41, 5.74) is -0.0480. The molecular weight excluding hydrogens is 274 g/mol. The molecule has 0 radical (unpaired) electrons. The largest absolute Gasteiger partial charge is 0.476 e. The first-order valence-electron chi connectivity index (χ1n) is 6.95. The van der Waals surface area contributed by atoms with Crippen molar-refractivity contribution < 1.29 is 14.3 Å². The van der Waals surface area contributed by atoms with Gasteiger partial charge in [0.05, 0.1) is 4.88 Å². The van der Waals surface area contributed by atoms with Gasteiger partial charge in [0, 0.05) is 5.41 Å².